The van der Waals surface area contributed by atoms with E-state index in [9.17, 15) is 9.59 Å². The predicted octanol–water partition coefficient (Wildman–Crippen LogP) is 7.38. The lowest BCUT2D eigenvalue weighted by atomic mass is 10.1. The van der Waals surface area contributed by atoms with Crippen LogP contribution in [0.25, 0.3) is 21.8 Å². The Labute approximate surface area is 233 Å². The van der Waals surface area contributed by atoms with Crippen LogP contribution in [-0.4, -0.2) is 34.1 Å². The summed E-state index contributed by atoms with van der Waals surface area (Å²) in [4.78, 5) is 32.5. The van der Waals surface area contributed by atoms with Gasteiger partial charge in [0.05, 0.1) is 30.5 Å². The van der Waals surface area contributed by atoms with Crippen molar-refractivity contribution in [3.8, 4) is 0 Å². The normalized spacial score (nSPS) is 11.2. The summed E-state index contributed by atoms with van der Waals surface area (Å²) >= 11 is 12.4. The van der Waals surface area contributed by atoms with Crippen molar-refractivity contribution in [2.24, 2.45) is 0 Å². The molecule has 0 bridgehead atoms. The van der Waals surface area contributed by atoms with Crippen molar-refractivity contribution in [2.45, 2.75) is 60.0 Å². The third-order valence-electron chi connectivity index (χ3n) is 5.47. The molecule has 0 saturated carbocycles. The fraction of sp³-hybridized carbons (Fsp3) is 0.333. The van der Waals surface area contributed by atoms with Crippen molar-refractivity contribution < 1.29 is 19.1 Å². The number of carbonyl (C=O) groups is 2. The van der Waals surface area contributed by atoms with Crippen molar-refractivity contribution in [1.29, 1.82) is 0 Å². The molecule has 0 saturated heterocycles. The van der Waals surface area contributed by atoms with E-state index in [1.165, 1.54) is 0 Å². The molecule has 0 aliphatic rings. The molecule has 38 heavy (non-hydrogen) atoms. The number of hydrogen-bond acceptors (Lipinski definition) is 6. The van der Waals surface area contributed by atoms with Gasteiger partial charge in [0.1, 0.15) is 5.60 Å². The Bertz CT molecular complexity index is 1470. The van der Waals surface area contributed by atoms with Crippen LogP contribution in [-0.2, 0) is 31.9 Å². The molecule has 0 N–H and O–H groups in total. The van der Waals surface area contributed by atoms with Gasteiger partial charge in [-0.15, -0.1) is 0 Å². The van der Waals surface area contributed by atoms with E-state index in [0.29, 0.717) is 16.7 Å². The Hall–Kier alpha value is -3.22. The van der Waals surface area contributed by atoms with Crippen molar-refractivity contribution in [1.82, 2.24) is 9.97 Å². The van der Waals surface area contributed by atoms with Gasteiger partial charge < -0.3 is 9.47 Å². The van der Waals surface area contributed by atoms with Crippen LogP contribution >= 0.6 is 23.2 Å². The minimum atomic E-state index is -0.502. The molecule has 200 valence electrons. The van der Waals surface area contributed by atoms with Crippen LogP contribution in [0.3, 0.4) is 0 Å². The van der Waals surface area contributed by atoms with E-state index >= 15 is 0 Å². The van der Waals surface area contributed by atoms with Crippen LogP contribution in [0, 0.1) is 13.8 Å². The highest BCUT2D eigenvalue weighted by molar-refractivity contribution is 6.32. The molecule has 4 rings (SSSR count). The second-order valence-corrected chi connectivity index (χ2v) is 10.7. The number of nitrogens with zero attached hydrogens (tertiary/aromatic N) is 2. The molecule has 0 radical (unpaired) electrons. The average Bonchev–Trinajstić information content (AvgIpc) is 2.82. The number of benzene rings is 2. The molecule has 2 heterocycles. The maximum Gasteiger partial charge on any atom is 0.310 e. The molecule has 8 heteroatoms. The van der Waals surface area contributed by atoms with Gasteiger partial charge in [-0.1, -0.05) is 47.5 Å². The lowest BCUT2D eigenvalue weighted by Crippen LogP contribution is -2.25. The summed E-state index contributed by atoms with van der Waals surface area (Å²) in [5.74, 6) is -0.578. The van der Waals surface area contributed by atoms with Crippen molar-refractivity contribution in [2.75, 3.05) is 6.61 Å². The molecule has 2 aromatic heterocycles. The molecule has 4 aromatic rings. The first kappa shape index (κ1) is 29.3. The lowest BCUT2D eigenvalue weighted by molar-refractivity contribution is -0.154. The molecular weight excluding hydrogens is 523 g/mol. The van der Waals surface area contributed by atoms with Crippen LogP contribution in [0.1, 0.15) is 50.2 Å². The van der Waals surface area contributed by atoms with Gasteiger partial charge in [0.15, 0.2) is 0 Å². The first-order valence-electron chi connectivity index (χ1n) is 12.3. The van der Waals surface area contributed by atoms with E-state index in [-0.39, 0.29) is 24.8 Å². The lowest BCUT2D eigenvalue weighted by Gasteiger charge is -2.20. The summed E-state index contributed by atoms with van der Waals surface area (Å²) in [5, 5.41) is 3.04. The molecule has 0 atom stereocenters. The van der Waals surface area contributed by atoms with E-state index in [0.717, 1.165) is 44.3 Å². The number of aryl methyl sites for hydroxylation is 2. The number of aromatic nitrogens is 2. The standard InChI is InChI=1S/C16H18ClNO2.C14H14ClNO2/c1-10-5-6-11-7-8-13(17)12(15(11)18-10)9-14(19)20-16(2,3)4;1-3-18-13(17)8-11-12(15)7-6-10-5-4-9(2)16-14(10)11/h5-8H,9H2,1-4H3;4-7H,3,8H2,1-2H3. The van der Waals surface area contributed by atoms with Gasteiger partial charge in [-0.2, -0.15) is 0 Å². The van der Waals surface area contributed by atoms with Crippen LogP contribution in [0.4, 0.5) is 0 Å². The van der Waals surface area contributed by atoms with Gasteiger partial charge >= 0.3 is 11.9 Å². The number of rotatable bonds is 5. The van der Waals surface area contributed by atoms with Gasteiger partial charge in [0.25, 0.3) is 0 Å². The fourth-order valence-corrected chi connectivity index (χ4v) is 4.29. The van der Waals surface area contributed by atoms with Gasteiger partial charge in [-0.25, -0.2) is 0 Å². The van der Waals surface area contributed by atoms with E-state index in [2.05, 4.69) is 9.97 Å². The van der Waals surface area contributed by atoms with Crippen LogP contribution in [0.15, 0.2) is 48.5 Å². The molecular formula is C30H32Cl2N2O4. The molecule has 0 fully saturated rings. The maximum atomic E-state index is 12.0. The molecule has 0 spiro atoms. The van der Waals surface area contributed by atoms with Crippen LogP contribution in [0.2, 0.25) is 10.0 Å². The summed E-state index contributed by atoms with van der Waals surface area (Å²) < 4.78 is 10.3. The minimum Gasteiger partial charge on any atom is -0.466 e. The Kier molecular flexibility index (Phi) is 9.69. The highest BCUT2D eigenvalue weighted by Gasteiger charge is 2.19. The molecule has 0 unspecified atom stereocenters. The fourth-order valence-electron chi connectivity index (χ4n) is 3.86. The zero-order valence-electron chi connectivity index (χ0n) is 22.5. The average molecular weight is 556 g/mol. The monoisotopic (exact) mass is 554 g/mol. The second-order valence-electron chi connectivity index (χ2n) is 9.85. The Morgan fingerprint density at radius 3 is 1.58 bits per heavy atom. The van der Waals surface area contributed by atoms with Gasteiger partial charge in [-0.3, -0.25) is 19.6 Å². The topological polar surface area (TPSA) is 78.4 Å². The number of fused-ring (bicyclic) bond motifs is 2. The van der Waals surface area contributed by atoms with Crippen molar-refractivity contribution in [3.63, 3.8) is 0 Å². The number of pyridine rings is 2. The summed E-state index contributed by atoms with van der Waals surface area (Å²) in [6, 6.07) is 15.2. The smallest absolute Gasteiger partial charge is 0.310 e. The maximum absolute atomic E-state index is 12.0. The molecule has 0 amide bonds. The van der Waals surface area contributed by atoms with E-state index < -0.39 is 5.60 Å². The highest BCUT2D eigenvalue weighted by Crippen LogP contribution is 2.27. The molecule has 0 aliphatic heterocycles. The number of ether oxygens (including phenoxy) is 2. The Morgan fingerprint density at radius 1 is 0.737 bits per heavy atom. The van der Waals surface area contributed by atoms with Gasteiger partial charge in [0.2, 0.25) is 0 Å². The van der Waals surface area contributed by atoms with Crippen molar-refractivity contribution in [3.05, 3.63) is 81.1 Å². The first-order valence-corrected chi connectivity index (χ1v) is 13.1. The minimum absolute atomic E-state index is 0.129. The van der Waals surface area contributed by atoms with Gasteiger partial charge in [0, 0.05) is 43.3 Å². The SMILES string of the molecule is CCOC(=O)Cc1c(Cl)ccc2ccc(C)nc12.Cc1ccc2ccc(Cl)c(CC(=O)OC(C)(C)C)c2n1. The van der Waals surface area contributed by atoms with Gasteiger partial charge in [-0.05, 0) is 65.8 Å². The quantitative estimate of drug-likeness (QED) is 0.239. The predicted molar refractivity (Wildman–Crippen MR) is 153 cm³/mol. The third-order valence-corrected chi connectivity index (χ3v) is 6.17. The first-order chi connectivity index (χ1) is 17.9. The largest absolute Gasteiger partial charge is 0.466 e. The zero-order chi connectivity index (χ0) is 28.0. The number of hydrogen-bond donors (Lipinski definition) is 0. The number of halogens is 2. The number of esters is 2. The molecule has 6 nitrogen and oxygen atoms in total. The van der Waals surface area contributed by atoms with E-state index in [1.54, 1.807) is 19.1 Å². The summed E-state index contributed by atoms with van der Waals surface area (Å²) in [7, 11) is 0. The summed E-state index contributed by atoms with van der Waals surface area (Å²) in [5.41, 5.74) is 4.29. The Balaban J connectivity index is 0.000000212. The summed E-state index contributed by atoms with van der Waals surface area (Å²) in [6.07, 6.45) is 0.282. The van der Waals surface area contributed by atoms with Crippen LogP contribution < -0.4 is 0 Å². The second kappa shape index (κ2) is 12.5. The molecule has 2 aromatic carbocycles. The van der Waals surface area contributed by atoms with E-state index in [1.807, 2.05) is 71.0 Å². The van der Waals surface area contributed by atoms with Crippen LogP contribution in [0.5, 0.6) is 0 Å². The number of carbonyl (C=O) groups excluding carboxylic acids is 2. The zero-order valence-corrected chi connectivity index (χ0v) is 24.0. The highest BCUT2D eigenvalue weighted by atomic mass is 35.5. The third kappa shape index (κ3) is 7.89. The Morgan fingerprint density at radius 2 is 1.16 bits per heavy atom. The van der Waals surface area contributed by atoms with E-state index in [4.69, 9.17) is 32.7 Å². The summed E-state index contributed by atoms with van der Waals surface area (Å²) in [6.45, 7) is 11.5. The molecule has 0 aliphatic carbocycles. The van der Waals surface area contributed by atoms with Crippen molar-refractivity contribution >= 4 is 56.9 Å².